The van der Waals surface area contributed by atoms with Crippen molar-refractivity contribution in [1.82, 2.24) is 8.96 Å². The fourth-order valence-electron chi connectivity index (χ4n) is 1.42. The lowest BCUT2D eigenvalue weighted by Crippen LogP contribution is -2.30. The van der Waals surface area contributed by atoms with Crippen LogP contribution in [0.15, 0.2) is 40.2 Å². The van der Waals surface area contributed by atoms with Crippen LogP contribution >= 0.6 is 11.6 Å². The first-order valence-electron chi connectivity index (χ1n) is 5.09. The summed E-state index contributed by atoms with van der Waals surface area (Å²) in [4.78, 5) is 14.7. The maximum absolute atomic E-state index is 13.2. The summed E-state index contributed by atoms with van der Waals surface area (Å²) in [5, 5.41) is -0.619. The van der Waals surface area contributed by atoms with E-state index in [4.69, 9.17) is 11.6 Å². The summed E-state index contributed by atoms with van der Waals surface area (Å²) in [6, 6.07) is 5.72. The van der Waals surface area contributed by atoms with E-state index < -0.39 is 26.7 Å². The van der Waals surface area contributed by atoms with Gasteiger partial charge in [0.1, 0.15) is 0 Å². The fraction of sp³-hybridized carbons (Fsp3) is 0.0909. The van der Waals surface area contributed by atoms with Gasteiger partial charge >= 0.3 is 5.56 Å². The minimum Gasteiger partial charge on any atom is -0.265 e. The molecule has 0 bridgehead atoms. The highest BCUT2D eigenvalue weighted by molar-refractivity contribution is 7.90. The second-order valence-electron chi connectivity index (χ2n) is 3.76. The molecule has 2 aromatic rings. The third-order valence-corrected chi connectivity index (χ3v) is 4.45. The zero-order valence-corrected chi connectivity index (χ0v) is 11.2. The van der Waals surface area contributed by atoms with Crippen molar-refractivity contribution in [2.75, 3.05) is 0 Å². The van der Waals surface area contributed by atoms with Gasteiger partial charge in [-0.3, -0.25) is 4.79 Å². The molecule has 0 unspecified atom stereocenters. The molecule has 0 saturated carbocycles. The van der Waals surface area contributed by atoms with Gasteiger partial charge in [0, 0.05) is 0 Å². The molecule has 1 heterocycles. The molecule has 5 nitrogen and oxygen atoms in total. The van der Waals surface area contributed by atoms with E-state index in [9.17, 15) is 17.6 Å². The SMILES string of the molecule is Cc1ccc(S(=O)(=O)n2c(Cl)ncc(F)c2=O)cc1. The number of nitrogens with zero attached hydrogens (tertiary/aromatic N) is 2. The van der Waals surface area contributed by atoms with Gasteiger partial charge in [-0.25, -0.2) is 13.4 Å². The third kappa shape index (κ3) is 2.39. The van der Waals surface area contributed by atoms with Crippen LogP contribution in [0.5, 0.6) is 0 Å². The molecule has 0 N–H and O–H groups in total. The van der Waals surface area contributed by atoms with E-state index in [1.54, 1.807) is 19.1 Å². The van der Waals surface area contributed by atoms with E-state index in [2.05, 4.69) is 4.98 Å². The smallest absolute Gasteiger partial charge is 0.265 e. The summed E-state index contributed by atoms with van der Waals surface area (Å²) in [5.74, 6) is -1.29. The molecular formula is C11H8ClFN2O3S. The molecule has 8 heteroatoms. The second kappa shape index (κ2) is 4.75. The molecule has 1 aromatic carbocycles. The maximum Gasteiger partial charge on any atom is 0.304 e. The number of halogens is 2. The zero-order chi connectivity index (χ0) is 14.2. The normalized spacial score (nSPS) is 11.5. The van der Waals surface area contributed by atoms with Crippen LogP contribution in [0, 0.1) is 12.7 Å². The van der Waals surface area contributed by atoms with Crippen molar-refractivity contribution in [2.24, 2.45) is 0 Å². The first kappa shape index (κ1) is 13.7. The van der Waals surface area contributed by atoms with Crippen LogP contribution in [-0.2, 0) is 10.0 Å². The van der Waals surface area contributed by atoms with Gasteiger partial charge in [-0.1, -0.05) is 17.7 Å². The number of hydrogen-bond donors (Lipinski definition) is 0. The van der Waals surface area contributed by atoms with Crippen LogP contribution in [0.4, 0.5) is 4.39 Å². The third-order valence-electron chi connectivity index (χ3n) is 2.40. The monoisotopic (exact) mass is 302 g/mol. The van der Waals surface area contributed by atoms with Gasteiger partial charge in [0.25, 0.3) is 10.0 Å². The van der Waals surface area contributed by atoms with Crippen LogP contribution in [0.25, 0.3) is 0 Å². The minimum atomic E-state index is -4.27. The highest BCUT2D eigenvalue weighted by Gasteiger charge is 2.23. The number of benzene rings is 1. The lowest BCUT2D eigenvalue weighted by molar-refractivity contribution is 0.565. The Morgan fingerprint density at radius 3 is 2.42 bits per heavy atom. The lowest BCUT2D eigenvalue weighted by atomic mass is 10.2. The van der Waals surface area contributed by atoms with Crippen molar-refractivity contribution in [2.45, 2.75) is 11.8 Å². The first-order valence-corrected chi connectivity index (χ1v) is 6.91. The van der Waals surface area contributed by atoms with Gasteiger partial charge in [-0.2, -0.15) is 8.36 Å². The van der Waals surface area contributed by atoms with E-state index in [-0.39, 0.29) is 8.87 Å². The summed E-state index contributed by atoms with van der Waals surface area (Å²) in [6.45, 7) is 1.78. The maximum atomic E-state index is 13.2. The second-order valence-corrected chi connectivity index (χ2v) is 5.89. The molecule has 0 spiro atoms. The summed E-state index contributed by atoms with van der Waals surface area (Å²) in [6.07, 6.45) is 0.575. The van der Waals surface area contributed by atoms with Crippen LogP contribution in [0.3, 0.4) is 0 Å². The number of aromatic nitrogens is 2. The number of hydrogen-bond acceptors (Lipinski definition) is 4. The Morgan fingerprint density at radius 1 is 1.26 bits per heavy atom. The predicted octanol–water partition coefficient (Wildman–Crippen LogP) is 1.58. The standard InChI is InChI=1S/C11H8ClFN2O3S/c1-7-2-4-8(5-3-7)19(17,18)15-10(16)9(13)6-14-11(15)12/h2-6H,1H3. The molecule has 0 radical (unpaired) electrons. The highest BCUT2D eigenvalue weighted by atomic mass is 35.5. The Balaban J connectivity index is 2.74. The molecule has 0 aliphatic rings. The molecule has 1 aromatic heterocycles. The van der Waals surface area contributed by atoms with E-state index in [1.807, 2.05) is 0 Å². The molecule has 0 aliphatic carbocycles. The van der Waals surface area contributed by atoms with Crippen molar-refractivity contribution in [3.8, 4) is 0 Å². The van der Waals surface area contributed by atoms with Crippen molar-refractivity contribution in [1.29, 1.82) is 0 Å². The Labute approximate surface area is 113 Å². The van der Waals surface area contributed by atoms with Gasteiger partial charge in [0.2, 0.25) is 11.1 Å². The van der Waals surface area contributed by atoms with Crippen molar-refractivity contribution < 1.29 is 12.8 Å². The van der Waals surface area contributed by atoms with Crippen molar-refractivity contribution >= 4 is 21.6 Å². The Kier molecular flexibility index (Phi) is 3.42. The molecule has 0 atom stereocenters. The summed E-state index contributed by atoms with van der Waals surface area (Å²) >= 11 is 5.57. The largest absolute Gasteiger partial charge is 0.304 e. The van der Waals surface area contributed by atoms with Gasteiger partial charge in [0.05, 0.1) is 11.1 Å². The quantitative estimate of drug-likeness (QED) is 0.790. The molecule has 0 amide bonds. The van der Waals surface area contributed by atoms with Gasteiger partial charge in [-0.15, -0.1) is 0 Å². The molecule has 0 saturated heterocycles. The summed E-state index contributed by atoms with van der Waals surface area (Å²) in [5.41, 5.74) is -0.518. The number of rotatable bonds is 2. The molecule has 100 valence electrons. The van der Waals surface area contributed by atoms with E-state index >= 15 is 0 Å². The van der Waals surface area contributed by atoms with Crippen LogP contribution < -0.4 is 5.56 Å². The van der Waals surface area contributed by atoms with Gasteiger partial charge < -0.3 is 0 Å². The lowest BCUT2D eigenvalue weighted by Gasteiger charge is -2.08. The van der Waals surface area contributed by atoms with Crippen LogP contribution in [0.1, 0.15) is 5.56 Å². The Morgan fingerprint density at radius 2 is 1.84 bits per heavy atom. The Hall–Kier alpha value is -1.73. The molecule has 0 aliphatic heterocycles. The van der Waals surface area contributed by atoms with E-state index in [0.717, 1.165) is 5.56 Å². The van der Waals surface area contributed by atoms with E-state index in [1.165, 1.54) is 12.1 Å². The predicted molar refractivity (Wildman–Crippen MR) is 67.2 cm³/mol. The minimum absolute atomic E-state index is 0.133. The molecule has 19 heavy (non-hydrogen) atoms. The van der Waals surface area contributed by atoms with E-state index in [0.29, 0.717) is 6.20 Å². The van der Waals surface area contributed by atoms with Gasteiger partial charge in [0.15, 0.2) is 0 Å². The van der Waals surface area contributed by atoms with Gasteiger partial charge in [-0.05, 0) is 30.7 Å². The number of aryl methyl sites for hydroxylation is 1. The molecular weight excluding hydrogens is 295 g/mol. The molecule has 2 rings (SSSR count). The van der Waals surface area contributed by atoms with Crippen molar-refractivity contribution in [3.63, 3.8) is 0 Å². The average molecular weight is 303 g/mol. The highest BCUT2D eigenvalue weighted by Crippen LogP contribution is 2.16. The zero-order valence-electron chi connectivity index (χ0n) is 9.67. The fourth-order valence-corrected chi connectivity index (χ4v) is 3.06. The average Bonchev–Trinajstić information content (AvgIpc) is 2.34. The molecule has 0 fully saturated rings. The first-order chi connectivity index (χ1) is 8.84. The topological polar surface area (TPSA) is 69.0 Å². The van der Waals surface area contributed by atoms with Crippen molar-refractivity contribution in [3.05, 3.63) is 57.5 Å². The Bertz CT molecular complexity index is 785. The van der Waals surface area contributed by atoms with Crippen LogP contribution in [-0.4, -0.2) is 17.4 Å². The summed E-state index contributed by atoms with van der Waals surface area (Å²) < 4.78 is 37.7. The van der Waals surface area contributed by atoms with Crippen LogP contribution in [0.2, 0.25) is 5.28 Å². The summed E-state index contributed by atoms with van der Waals surface area (Å²) in [7, 11) is -4.27.